The normalized spacial score (nSPS) is 10.5. The first kappa shape index (κ1) is 17.5. The molecule has 7 nitrogen and oxygen atoms in total. The number of nitrogens with zero attached hydrogens (tertiary/aromatic N) is 1. The lowest BCUT2D eigenvalue weighted by Gasteiger charge is -2.08. The van der Waals surface area contributed by atoms with Gasteiger partial charge >= 0.3 is 6.09 Å². The Morgan fingerprint density at radius 3 is 2.88 bits per heavy atom. The first-order valence-corrected chi connectivity index (χ1v) is 8.32. The Labute approximate surface area is 150 Å². The van der Waals surface area contributed by atoms with Gasteiger partial charge in [-0.2, -0.15) is 0 Å². The SMILES string of the molecule is CCOC(=O)NCc1cc(C(=O)Nc2cccc3[nH]c(C)cc23)ccn1. The zero-order valence-electron chi connectivity index (χ0n) is 14.6. The van der Waals surface area contributed by atoms with E-state index >= 15 is 0 Å². The summed E-state index contributed by atoms with van der Waals surface area (Å²) >= 11 is 0. The Hall–Kier alpha value is -3.35. The van der Waals surface area contributed by atoms with Crippen molar-refractivity contribution in [2.24, 2.45) is 0 Å². The quantitative estimate of drug-likeness (QED) is 0.656. The summed E-state index contributed by atoms with van der Waals surface area (Å²) in [6, 6.07) is 11.0. The molecule has 0 aliphatic heterocycles. The van der Waals surface area contributed by atoms with E-state index in [0.29, 0.717) is 17.9 Å². The van der Waals surface area contributed by atoms with Crippen LogP contribution in [0, 0.1) is 6.92 Å². The third-order valence-electron chi connectivity index (χ3n) is 3.82. The van der Waals surface area contributed by atoms with Crippen LogP contribution in [0.5, 0.6) is 0 Å². The van der Waals surface area contributed by atoms with Crippen LogP contribution >= 0.6 is 0 Å². The first-order chi connectivity index (χ1) is 12.6. The summed E-state index contributed by atoms with van der Waals surface area (Å²) in [4.78, 5) is 31.4. The highest BCUT2D eigenvalue weighted by molar-refractivity contribution is 6.08. The van der Waals surface area contributed by atoms with Gasteiger partial charge in [0.25, 0.3) is 5.91 Å². The molecule has 1 aromatic carbocycles. The van der Waals surface area contributed by atoms with Crippen LogP contribution in [0.4, 0.5) is 10.5 Å². The van der Waals surface area contributed by atoms with Gasteiger partial charge in [0.05, 0.1) is 24.5 Å². The lowest BCUT2D eigenvalue weighted by Crippen LogP contribution is -2.24. The average Bonchev–Trinajstić information content (AvgIpc) is 3.02. The van der Waals surface area contributed by atoms with Gasteiger partial charge in [-0.1, -0.05) is 6.07 Å². The van der Waals surface area contributed by atoms with E-state index in [4.69, 9.17) is 4.74 Å². The standard InChI is InChI=1S/C19H20N4O3/c1-3-26-19(25)21-11-14-10-13(7-8-20-14)18(24)23-17-6-4-5-16-15(17)9-12(2)22-16/h4-10,22H,3,11H2,1-2H3,(H,21,25)(H,23,24). The fraction of sp³-hybridized carbons (Fsp3) is 0.211. The van der Waals surface area contributed by atoms with Crippen LogP contribution < -0.4 is 10.6 Å². The zero-order valence-corrected chi connectivity index (χ0v) is 14.6. The largest absolute Gasteiger partial charge is 0.450 e. The Morgan fingerprint density at radius 1 is 1.23 bits per heavy atom. The van der Waals surface area contributed by atoms with Gasteiger partial charge in [-0.15, -0.1) is 0 Å². The van der Waals surface area contributed by atoms with Crippen LogP contribution in [0.25, 0.3) is 10.9 Å². The van der Waals surface area contributed by atoms with Crippen LogP contribution in [-0.2, 0) is 11.3 Å². The van der Waals surface area contributed by atoms with Crippen LogP contribution in [0.3, 0.4) is 0 Å². The molecule has 0 saturated heterocycles. The summed E-state index contributed by atoms with van der Waals surface area (Å²) in [7, 11) is 0. The minimum atomic E-state index is -0.515. The number of aryl methyl sites for hydroxylation is 1. The number of hydrogen-bond acceptors (Lipinski definition) is 4. The highest BCUT2D eigenvalue weighted by Gasteiger charge is 2.11. The molecule has 0 aliphatic carbocycles. The number of nitrogens with one attached hydrogen (secondary N) is 3. The zero-order chi connectivity index (χ0) is 18.5. The molecule has 26 heavy (non-hydrogen) atoms. The van der Waals surface area contributed by atoms with E-state index in [2.05, 4.69) is 20.6 Å². The van der Waals surface area contributed by atoms with Crippen LogP contribution in [0.15, 0.2) is 42.6 Å². The summed E-state index contributed by atoms with van der Waals surface area (Å²) < 4.78 is 4.80. The number of ether oxygens (including phenoxy) is 1. The van der Waals surface area contributed by atoms with Crippen molar-refractivity contribution >= 4 is 28.6 Å². The Morgan fingerprint density at radius 2 is 2.08 bits per heavy atom. The smallest absolute Gasteiger partial charge is 0.407 e. The first-order valence-electron chi connectivity index (χ1n) is 8.32. The topological polar surface area (TPSA) is 96.1 Å². The second-order valence-electron chi connectivity index (χ2n) is 5.78. The van der Waals surface area contributed by atoms with Crippen molar-refractivity contribution in [1.82, 2.24) is 15.3 Å². The van der Waals surface area contributed by atoms with E-state index in [9.17, 15) is 9.59 Å². The molecule has 2 amide bonds. The third kappa shape index (κ3) is 4.00. The van der Waals surface area contributed by atoms with Gasteiger partial charge in [-0.05, 0) is 44.2 Å². The lowest BCUT2D eigenvalue weighted by molar-refractivity contribution is 0.102. The maximum Gasteiger partial charge on any atom is 0.407 e. The molecule has 3 N–H and O–H groups in total. The Bertz CT molecular complexity index is 949. The van der Waals surface area contributed by atoms with Gasteiger partial charge in [0.1, 0.15) is 0 Å². The van der Waals surface area contributed by atoms with Gasteiger partial charge < -0.3 is 20.4 Å². The van der Waals surface area contributed by atoms with Gasteiger partial charge in [-0.25, -0.2) is 4.79 Å². The number of anilines is 1. The number of benzene rings is 1. The molecule has 2 heterocycles. The molecule has 0 aliphatic rings. The van der Waals surface area contributed by atoms with Gasteiger partial charge in [0.2, 0.25) is 0 Å². The fourth-order valence-electron chi connectivity index (χ4n) is 2.66. The number of aromatic nitrogens is 2. The average molecular weight is 352 g/mol. The molecular weight excluding hydrogens is 332 g/mol. The molecule has 2 aromatic heterocycles. The van der Waals surface area contributed by atoms with Crippen molar-refractivity contribution < 1.29 is 14.3 Å². The second kappa shape index (κ2) is 7.69. The van der Waals surface area contributed by atoms with Crippen molar-refractivity contribution in [3.05, 3.63) is 59.5 Å². The molecule has 0 bridgehead atoms. The van der Waals surface area contributed by atoms with E-state index in [1.165, 1.54) is 6.20 Å². The molecule has 134 valence electrons. The van der Waals surface area contributed by atoms with Crippen molar-refractivity contribution in [2.45, 2.75) is 20.4 Å². The van der Waals surface area contributed by atoms with E-state index in [1.54, 1.807) is 19.1 Å². The Balaban J connectivity index is 1.73. The number of fused-ring (bicyclic) bond motifs is 1. The predicted octanol–water partition coefficient (Wildman–Crippen LogP) is 3.37. The lowest BCUT2D eigenvalue weighted by atomic mass is 10.1. The number of carbonyl (C=O) groups excluding carboxylic acids is 2. The van der Waals surface area contributed by atoms with Gasteiger partial charge in [0, 0.05) is 28.4 Å². The van der Waals surface area contributed by atoms with Crippen LogP contribution in [-0.4, -0.2) is 28.6 Å². The maximum absolute atomic E-state index is 12.6. The molecule has 0 fully saturated rings. The Kier molecular flexibility index (Phi) is 5.17. The number of H-pyrrole nitrogens is 1. The molecule has 0 unspecified atom stereocenters. The van der Waals surface area contributed by atoms with Gasteiger partial charge in [-0.3, -0.25) is 9.78 Å². The summed E-state index contributed by atoms with van der Waals surface area (Å²) in [5, 5.41) is 6.47. The number of amides is 2. The molecule has 0 saturated carbocycles. The van der Waals surface area contributed by atoms with Crippen molar-refractivity contribution in [1.29, 1.82) is 0 Å². The number of aromatic amines is 1. The summed E-state index contributed by atoms with van der Waals surface area (Å²) in [6.07, 6.45) is 1.02. The van der Waals surface area contributed by atoms with E-state index in [0.717, 1.165) is 22.3 Å². The highest BCUT2D eigenvalue weighted by Crippen LogP contribution is 2.24. The predicted molar refractivity (Wildman–Crippen MR) is 99.1 cm³/mol. The fourth-order valence-corrected chi connectivity index (χ4v) is 2.66. The molecule has 0 spiro atoms. The number of hydrogen-bond donors (Lipinski definition) is 3. The molecule has 0 radical (unpaired) electrons. The molecule has 3 rings (SSSR count). The van der Waals surface area contributed by atoms with E-state index in [1.807, 2.05) is 31.2 Å². The minimum absolute atomic E-state index is 0.187. The van der Waals surface area contributed by atoms with E-state index in [-0.39, 0.29) is 12.5 Å². The second-order valence-corrected chi connectivity index (χ2v) is 5.78. The molecule has 3 aromatic rings. The summed E-state index contributed by atoms with van der Waals surface area (Å²) in [5.41, 5.74) is 3.76. The summed E-state index contributed by atoms with van der Waals surface area (Å²) in [5.74, 6) is -0.240. The number of alkyl carbamates (subject to hydrolysis) is 1. The summed E-state index contributed by atoms with van der Waals surface area (Å²) in [6.45, 7) is 4.19. The maximum atomic E-state index is 12.6. The monoisotopic (exact) mass is 352 g/mol. The van der Waals surface area contributed by atoms with Crippen LogP contribution in [0.2, 0.25) is 0 Å². The van der Waals surface area contributed by atoms with E-state index < -0.39 is 6.09 Å². The number of carbonyl (C=O) groups is 2. The van der Waals surface area contributed by atoms with Crippen molar-refractivity contribution in [3.63, 3.8) is 0 Å². The minimum Gasteiger partial charge on any atom is -0.450 e. The molecular formula is C19H20N4O3. The molecule has 7 heteroatoms. The van der Waals surface area contributed by atoms with Gasteiger partial charge in [0.15, 0.2) is 0 Å². The highest BCUT2D eigenvalue weighted by atomic mass is 16.5. The van der Waals surface area contributed by atoms with Crippen molar-refractivity contribution in [3.8, 4) is 0 Å². The van der Waals surface area contributed by atoms with Crippen LogP contribution in [0.1, 0.15) is 28.7 Å². The number of rotatable bonds is 5. The van der Waals surface area contributed by atoms with Crippen molar-refractivity contribution in [2.75, 3.05) is 11.9 Å². The number of pyridine rings is 1. The molecule has 0 atom stereocenters. The third-order valence-corrected chi connectivity index (χ3v) is 3.82.